The van der Waals surface area contributed by atoms with E-state index in [0.717, 1.165) is 57.8 Å². The standard InChI is InChI=1S/C51H98O6/c1-4-7-10-13-16-19-22-24-25-26-27-30-32-35-38-41-44-50(53)56-47-48(46-55-49(52)43-40-37-34-31-28-21-18-15-12-9-6-3)57-51(54)45-42-39-36-33-29-23-20-17-14-11-8-5-2/h48H,4-47H2,1-3H3/t48-/m0/s1. The summed E-state index contributed by atoms with van der Waals surface area (Å²) in [6.45, 7) is 6.67. The lowest BCUT2D eigenvalue weighted by molar-refractivity contribution is -0.167. The van der Waals surface area contributed by atoms with Gasteiger partial charge in [0, 0.05) is 19.3 Å². The first-order valence-electron chi connectivity index (χ1n) is 25.5. The molecule has 0 aliphatic carbocycles. The van der Waals surface area contributed by atoms with Crippen molar-refractivity contribution in [3.63, 3.8) is 0 Å². The third-order valence-electron chi connectivity index (χ3n) is 11.6. The van der Waals surface area contributed by atoms with E-state index in [9.17, 15) is 14.4 Å². The minimum atomic E-state index is -0.758. The molecular formula is C51H98O6. The number of carbonyl (C=O) groups is 3. The Morgan fingerprint density at radius 3 is 0.702 bits per heavy atom. The van der Waals surface area contributed by atoms with Crippen molar-refractivity contribution >= 4 is 17.9 Å². The van der Waals surface area contributed by atoms with Crippen LogP contribution in [0.5, 0.6) is 0 Å². The highest BCUT2D eigenvalue weighted by Crippen LogP contribution is 2.17. The van der Waals surface area contributed by atoms with E-state index in [1.165, 1.54) is 193 Å². The Balaban J connectivity index is 4.28. The zero-order valence-corrected chi connectivity index (χ0v) is 38.6. The maximum atomic E-state index is 12.7. The predicted octanol–water partition coefficient (Wildman–Crippen LogP) is 16.4. The van der Waals surface area contributed by atoms with Gasteiger partial charge in [0.15, 0.2) is 6.10 Å². The van der Waals surface area contributed by atoms with Crippen molar-refractivity contribution in [2.24, 2.45) is 0 Å². The van der Waals surface area contributed by atoms with Gasteiger partial charge in [-0.15, -0.1) is 0 Å². The summed E-state index contributed by atoms with van der Waals surface area (Å²) in [7, 11) is 0. The summed E-state index contributed by atoms with van der Waals surface area (Å²) in [6.07, 6.45) is 49.4. The Morgan fingerprint density at radius 1 is 0.281 bits per heavy atom. The van der Waals surface area contributed by atoms with Crippen LogP contribution in [-0.4, -0.2) is 37.2 Å². The molecule has 0 amide bonds. The van der Waals surface area contributed by atoms with E-state index in [1.54, 1.807) is 0 Å². The number of unbranched alkanes of at least 4 members (excludes halogenated alkanes) is 36. The lowest BCUT2D eigenvalue weighted by Gasteiger charge is -2.18. The maximum Gasteiger partial charge on any atom is 0.306 e. The molecule has 0 bridgehead atoms. The van der Waals surface area contributed by atoms with Crippen LogP contribution in [0.4, 0.5) is 0 Å². The molecule has 0 aliphatic rings. The zero-order chi connectivity index (χ0) is 41.5. The van der Waals surface area contributed by atoms with Gasteiger partial charge in [-0.3, -0.25) is 14.4 Å². The Kier molecular flexibility index (Phi) is 45.8. The second kappa shape index (κ2) is 47.1. The predicted molar refractivity (Wildman–Crippen MR) is 243 cm³/mol. The molecule has 0 rings (SSSR count). The Labute approximate surface area is 355 Å². The average Bonchev–Trinajstić information content (AvgIpc) is 3.21. The van der Waals surface area contributed by atoms with Crippen molar-refractivity contribution in [3.8, 4) is 0 Å². The van der Waals surface area contributed by atoms with Crippen LogP contribution < -0.4 is 0 Å². The molecule has 0 aromatic carbocycles. The molecule has 0 aromatic heterocycles. The van der Waals surface area contributed by atoms with E-state index < -0.39 is 6.10 Å². The van der Waals surface area contributed by atoms with Crippen molar-refractivity contribution in [3.05, 3.63) is 0 Å². The van der Waals surface area contributed by atoms with Crippen LogP contribution in [0.15, 0.2) is 0 Å². The summed E-state index contributed by atoms with van der Waals surface area (Å²) < 4.78 is 16.8. The second-order valence-corrected chi connectivity index (χ2v) is 17.5. The topological polar surface area (TPSA) is 78.9 Å². The summed E-state index contributed by atoms with van der Waals surface area (Å²) in [5, 5.41) is 0. The SMILES string of the molecule is CCCCCCCCCCCCCCCCCCC(=O)OC[C@H](COC(=O)CCCCCCCCCCCCC)OC(=O)CCCCCCCCCCCCCC. The van der Waals surface area contributed by atoms with Gasteiger partial charge in [-0.2, -0.15) is 0 Å². The smallest absolute Gasteiger partial charge is 0.306 e. The van der Waals surface area contributed by atoms with Crippen LogP contribution in [-0.2, 0) is 28.6 Å². The van der Waals surface area contributed by atoms with Crippen LogP contribution in [0, 0.1) is 0 Å². The molecular weight excluding hydrogens is 709 g/mol. The van der Waals surface area contributed by atoms with Gasteiger partial charge in [0.05, 0.1) is 0 Å². The highest BCUT2D eigenvalue weighted by molar-refractivity contribution is 5.71. The lowest BCUT2D eigenvalue weighted by atomic mass is 10.0. The van der Waals surface area contributed by atoms with Crippen molar-refractivity contribution < 1.29 is 28.6 Å². The van der Waals surface area contributed by atoms with Crippen molar-refractivity contribution in [2.45, 2.75) is 297 Å². The van der Waals surface area contributed by atoms with Gasteiger partial charge < -0.3 is 14.2 Å². The second-order valence-electron chi connectivity index (χ2n) is 17.5. The fraction of sp³-hybridized carbons (Fsp3) is 0.941. The number of hydrogen-bond donors (Lipinski definition) is 0. The van der Waals surface area contributed by atoms with E-state index in [0.29, 0.717) is 19.3 Å². The van der Waals surface area contributed by atoms with E-state index in [4.69, 9.17) is 14.2 Å². The molecule has 0 saturated carbocycles. The molecule has 0 saturated heterocycles. The van der Waals surface area contributed by atoms with E-state index in [1.807, 2.05) is 0 Å². The molecule has 1 atom stereocenters. The quantitative estimate of drug-likeness (QED) is 0.0346. The summed E-state index contributed by atoms with van der Waals surface area (Å²) >= 11 is 0. The molecule has 0 aromatic rings. The third kappa shape index (κ3) is 45.3. The number of hydrogen-bond acceptors (Lipinski definition) is 6. The molecule has 0 aliphatic heterocycles. The van der Waals surface area contributed by atoms with Gasteiger partial charge in [0.2, 0.25) is 0 Å². The van der Waals surface area contributed by atoms with E-state index in [2.05, 4.69) is 20.8 Å². The van der Waals surface area contributed by atoms with Gasteiger partial charge in [-0.05, 0) is 19.3 Å². The van der Waals surface area contributed by atoms with Crippen LogP contribution in [0.25, 0.3) is 0 Å². The highest BCUT2D eigenvalue weighted by atomic mass is 16.6. The molecule has 57 heavy (non-hydrogen) atoms. The van der Waals surface area contributed by atoms with Crippen molar-refractivity contribution in [2.75, 3.05) is 13.2 Å². The summed E-state index contributed by atoms with van der Waals surface area (Å²) in [6, 6.07) is 0. The van der Waals surface area contributed by atoms with Gasteiger partial charge in [-0.1, -0.05) is 252 Å². The van der Waals surface area contributed by atoms with Crippen LogP contribution in [0.3, 0.4) is 0 Å². The molecule has 6 nitrogen and oxygen atoms in total. The number of carbonyl (C=O) groups excluding carboxylic acids is 3. The van der Waals surface area contributed by atoms with Crippen molar-refractivity contribution in [1.29, 1.82) is 0 Å². The number of rotatable bonds is 47. The first-order chi connectivity index (χ1) is 28.0. The summed E-state index contributed by atoms with van der Waals surface area (Å²) in [5.74, 6) is -0.843. The molecule has 0 fully saturated rings. The zero-order valence-electron chi connectivity index (χ0n) is 38.6. The molecule has 0 N–H and O–H groups in total. The Bertz CT molecular complexity index is 844. The normalized spacial score (nSPS) is 11.8. The number of esters is 3. The van der Waals surface area contributed by atoms with Gasteiger partial charge in [-0.25, -0.2) is 0 Å². The van der Waals surface area contributed by atoms with E-state index in [-0.39, 0.29) is 31.1 Å². The van der Waals surface area contributed by atoms with Gasteiger partial charge in [0.1, 0.15) is 13.2 Å². The highest BCUT2D eigenvalue weighted by Gasteiger charge is 2.19. The molecule has 0 heterocycles. The first-order valence-corrected chi connectivity index (χ1v) is 25.5. The minimum absolute atomic E-state index is 0.0619. The lowest BCUT2D eigenvalue weighted by Crippen LogP contribution is -2.30. The average molecular weight is 807 g/mol. The monoisotopic (exact) mass is 807 g/mol. The molecule has 0 radical (unpaired) electrons. The minimum Gasteiger partial charge on any atom is -0.462 e. The maximum absolute atomic E-state index is 12.7. The third-order valence-corrected chi connectivity index (χ3v) is 11.6. The van der Waals surface area contributed by atoms with E-state index >= 15 is 0 Å². The number of ether oxygens (including phenoxy) is 3. The fourth-order valence-electron chi connectivity index (χ4n) is 7.74. The van der Waals surface area contributed by atoms with Crippen molar-refractivity contribution in [1.82, 2.24) is 0 Å². The van der Waals surface area contributed by atoms with Crippen LogP contribution in [0.1, 0.15) is 290 Å². The first kappa shape index (κ1) is 55.4. The van der Waals surface area contributed by atoms with Crippen LogP contribution in [0.2, 0.25) is 0 Å². The molecule has 0 unspecified atom stereocenters. The Morgan fingerprint density at radius 2 is 0.474 bits per heavy atom. The molecule has 0 spiro atoms. The molecule has 6 heteroatoms. The van der Waals surface area contributed by atoms with Gasteiger partial charge in [0.25, 0.3) is 0 Å². The van der Waals surface area contributed by atoms with Gasteiger partial charge >= 0.3 is 17.9 Å². The Hall–Kier alpha value is -1.59. The summed E-state index contributed by atoms with van der Waals surface area (Å²) in [4.78, 5) is 37.9. The largest absolute Gasteiger partial charge is 0.462 e. The molecule has 338 valence electrons. The van der Waals surface area contributed by atoms with Crippen LogP contribution >= 0.6 is 0 Å². The summed E-state index contributed by atoms with van der Waals surface area (Å²) in [5.41, 5.74) is 0. The fourth-order valence-corrected chi connectivity index (χ4v) is 7.74.